The van der Waals surface area contributed by atoms with E-state index in [0.29, 0.717) is 18.5 Å². The van der Waals surface area contributed by atoms with E-state index in [1.165, 1.54) is 0 Å². The van der Waals surface area contributed by atoms with Crippen molar-refractivity contribution in [1.29, 1.82) is 0 Å². The number of carboxylic acid groups (broad SMARTS) is 1. The highest BCUT2D eigenvalue weighted by molar-refractivity contribution is 9.10. The van der Waals surface area contributed by atoms with Crippen molar-refractivity contribution in [2.24, 2.45) is 0 Å². The summed E-state index contributed by atoms with van der Waals surface area (Å²) in [5, 5.41) is 9.84. The zero-order valence-corrected chi connectivity index (χ0v) is 16.5. The van der Waals surface area contributed by atoms with Crippen LogP contribution in [0.5, 0.6) is 0 Å². The lowest BCUT2D eigenvalue weighted by Gasteiger charge is -2.41. The molecule has 2 N–H and O–H groups in total. The van der Waals surface area contributed by atoms with Gasteiger partial charge in [0.1, 0.15) is 0 Å². The van der Waals surface area contributed by atoms with E-state index < -0.39 is 22.8 Å². The molecule has 7 heteroatoms. The highest BCUT2D eigenvalue weighted by Gasteiger charge is 2.48. The van der Waals surface area contributed by atoms with Crippen molar-refractivity contribution in [3.05, 3.63) is 53.0 Å². The maximum absolute atomic E-state index is 12.1. The van der Waals surface area contributed by atoms with Crippen molar-refractivity contribution >= 4 is 38.9 Å². The highest BCUT2D eigenvalue weighted by Crippen LogP contribution is 2.38. The number of carboxylic acids is 1. The molecule has 5 nitrogen and oxygen atoms in total. The van der Waals surface area contributed by atoms with E-state index in [-0.39, 0.29) is 0 Å². The van der Waals surface area contributed by atoms with E-state index in [2.05, 4.69) is 15.9 Å². The second-order valence-corrected chi connectivity index (χ2v) is 8.22. The van der Waals surface area contributed by atoms with Crippen LogP contribution in [0.1, 0.15) is 32.1 Å². The number of hydrogen-bond acceptors (Lipinski definition) is 2. The average molecular weight is 438 g/mol. The molecule has 0 aromatic heterocycles. The van der Waals surface area contributed by atoms with Gasteiger partial charge in [0.15, 0.2) is 5.54 Å². The molecule has 0 heterocycles. The topological polar surface area (TPSA) is 77.8 Å². The Balaban J connectivity index is 1.97. The molecular formula is C19H20BrNO4S. The Morgan fingerprint density at radius 1 is 0.962 bits per heavy atom. The number of halogens is 1. The van der Waals surface area contributed by atoms with Gasteiger partial charge in [0.2, 0.25) is 0 Å². The zero-order valence-electron chi connectivity index (χ0n) is 14.1. The second kappa shape index (κ2) is 7.90. The number of benzene rings is 2. The smallest absolute Gasteiger partial charge is 0.330 e. The summed E-state index contributed by atoms with van der Waals surface area (Å²) in [5.74, 6) is -1.04. The van der Waals surface area contributed by atoms with Crippen LogP contribution in [0.25, 0.3) is 11.1 Å². The van der Waals surface area contributed by atoms with Gasteiger partial charge in [-0.3, -0.25) is 8.86 Å². The van der Waals surface area contributed by atoms with Crippen LogP contribution in [0, 0.1) is 0 Å². The van der Waals surface area contributed by atoms with E-state index in [1.807, 2.05) is 36.4 Å². The Morgan fingerprint density at radius 2 is 1.46 bits per heavy atom. The molecule has 2 aromatic rings. The summed E-state index contributed by atoms with van der Waals surface area (Å²) in [6.45, 7) is 0. The summed E-state index contributed by atoms with van der Waals surface area (Å²) in [6.07, 6.45) is 3.14. The molecule has 1 atom stereocenters. The van der Waals surface area contributed by atoms with E-state index in [1.54, 1.807) is 12.1 Å². The molecule has 0 radical (unpaired) electrons. The van der Waals surface area contributed by atoms with Crippen LogP contribution in [0.15, 0.2) is 53.0 Å². The summed E-state index contributed by atoms with van der Waals surface area (Å²) in [5.41, 5.74) is 1.08. The molecule has 1 fully saturated rings. The van der Waals surface area contributed by atoms with Gasteiger partial charge in [0, 0.05) is 4.47 Å². The predicted molar refractivity (Wildman–Crippen MR) is 106 cm³/mol. The van der Waals surface area contributed by atoms with Crippen LogP contribution in [-0.4, -0.2) is 25.4 Å². The SMILES string of the molecule is O=C(O)C1(N(c2ccc(-c3ccc(Br)cc3)cc2)S(=O)O)CCCCC1. The third kappa shape index (κ3) is 3.70. The van der Waals surface area contributed by atoms with Crippen molar-refractivity contribution < 1.29 is 18.7 Å². The van der Waals surface area contributed by atoms with E-state index >= 15 is 0 Å². The molecule has 3 rings (SSSR count). The number of nitrogens with zero attached hydrogens (tertiary/aromatic N) is 1. The molecule has 138 valence electrons. The Bertz CT molecular complexity index is 801. The largest absolute Gasteiger partial charge is 0.479 e. The molecule has 0 spiro atoms. The highest BCUT2D eigenvalue weighted by atomic mass is 79.9. The first kappa shape index (κ1) is 19.1. The lowest BCUT2D eigenvalue weighted by atomic mass is 9.81. The van der Waals surface area contributed by atoms with Gasteiger partial charge in [0.05, 0.1) is 5.69 Å². The summed E-state index contributed by atoms with van der Waals surface area (Å²) in [6, 6.07) is 14.9. The molecule has 1 unspecified atom stereocenters. The van der Waals surface area contributed by atoms with Gasteiger partial charge < -0.3 is 5.11 Å². The van der Waals surface area contributed by atoms with Crippen molar-refractivity contribution in [3.63, 3.8) is 0 Å². The van der Waals surface area contributed by atoms with Crippen LogP contribution in [-0.2, 0) is 16.1 Å². The van der Waals surface area contributed by atoms with Gasteiger partial charge in [-0.15, -0.1) is 0 Å². The van der Waals surface area contributed by atoms with Crippen molar-refractivity contribution in [2.45, 2.75) is 37.6 Å². The lowest BCUT2D eigenvalue weighted by molar-refractivity contribution is -0.144. The quantitative estimate of drug-likeness (QED) is 0.655. The first-order chi connectivity index (χ1) is 12.4. The summed E-state index contributed by atoms with van der Waals surface area (Å²) in [7, 11) is 0. The van der Waals surface area contributed by atoms with Gasteiger partial charge in [-0.05, 0) is 48.2 Å². The van der Waals surface area contributed by atoms with Crippen LogP contribution in [0.3, 0.4) is 0 Å². The third-order valence-corrected chi connectivity index (χ3v) is 6.30. The zero-order chi connectivity index (χ0) is 18.7. The van der Waals surface area contributed by atoms with Crippen LogP contribution < -0.4 is 4.31 Å². The standard InChI is InChI=1S/C19H20BrNO4S/c20-16-8-4-14(5-9-16)15-6-10-17(11-7-15)21(26(24)25)19(18(22)23)12-2-1-3-13-19/h4-11H,1-3,12-13H2,(H,22,23)(H,24,25). The minimum Gasteiger partial charge on any atom is -0.479 e. The second-order valence-electron chi connectivity index (χ2n) is 6.48. The molecule has 1 saturated carbocycles. The summed E-state index contributed by atoms with van der Waals surface area (Å²) in [4.78, 5) is 12.0. The Kier molecular flexibility index (Phi) is 5.79. The van der Waals surface area contributed by atoms with E-state index in [9.17, 15) is 18.7 Å². The van der Waals surface area contributed by atoms with Crippen molar-refractivity contribution in [3.8, 4) is 11.1 Å². The molecule has 0 saturated heterocycles. The van der Waals surface area contributed by atoms with Gasteiger partial charge in [0.25, 0.3) is 11.3 Å². The Hall–Kier alpha value is -1.70. The third-order valence-electron chi connectivity index (χ3n) is 4.90. The first-order valence-corrected chi connectivity index (χ1v) is 10.3. The fourth-order valence-electron chi connectivity index (χ4n) is 3.56. The van der Waals surface area contributed by atoms with Crippen LogP contribution in [0.2, 0.25) is 0 Å². The molecule has 0 amide bonds. The number of rotatable bonds is 5. The Labute approximate surface area is 163 Å². The predicted octanol–water partition coefficient (Wildman–Crippen LogP) is 4.85. The normalized spacial score (nSPS) is 17.5. The first-order valence-electron chi connectivity index (χ1n) is 8.45. The number of hydrogen-bond donors (Lipinski definition) is 2. The fourth-order valence-corrected chi connectivity index (χ4v) is 4.68. The molecule has 1 aliphatic carbocycles. The molecule has 1 aliphatic rings. The lowest BCUT2D eigenvalue weighted by Crippen LogP contribution is -2.56. The number of aliphatic carboxylic acids is 1. The maximum atomic E-state index is 12.1. The Morgan fingerprint density at radius 3 is 1.92 bits per heavy atom. The minimum atomic E-state index is -2.42. The molecule has 2 aromatic carbocycles. The van der Waals surface area contributed by atoms with Crippen molar-refractivity contribution in [2.75, 3.05) is 4.31 Å². The molecular weight excluding hydrogens is 418 g/mol. The molecule has 0 bridgehead atoms. The maximum Gasteiger partial charge on any atom is 0.330 e. The van der Waals surface area contributed by atoms with Gasteiger partial charge >= 0.3 is 5.97 Å². The summed E-state index contributed by atoms with van der Waals surface area (Å²) < 4.78 is 24.1. The summed E-state index contributed by atoms with van der Waals surface area (Å²) >= 11 is 0.985. The molecule has 26 heavy (non-hydrogen) atoms. The fraction of sp³-hybridized carbons (Fsp3) is 0.316. The van der Waals surface area contributed by atoms with Crippen LogP contribution in [0.4, 0.5) is 5.69 Å². The monoisotopic (exact) mass is 437 g/mol. The average Bonchev–Trinajstić information content (AvgIpc) is 2.63. The number of anilines is 1. The molecule has 0 aliphatic heterocycles. The van der Waals surface area contributed by atoms with E-state index in [4.69, 9.17) is 0 Å². The van der Waals surface area contributed by atoms with E-state index in [0.717, 1.165) is 39.2 Å². The van der Waals surface area contributed by atoms with Gasteiger partial charge in [-0.2, -0.15) is 0 Å². The van der Waals surface area contributed by atoms with Gasteiger partial charge in [-0.25, -0.2) is 9.00 Å². The minimum absolute atomic E-state index is 0.364. The van der Waals surface area contributed by atoms with Gasteiger partial charge in [-0.1, -0.05) is 59.5 Å². The van der Waals surface area contributed by atoms with Crippen molar-refractivity contribution in [1.82, 2.24) is 0 Å². The van der Waals surface area contributed by atoms with Crippen LogP contribution >= 0.6 is 15.9 Å². The number of carbonyl (C=O) groups is 1.